The molecule has 25 heavy (non-hydrogen) atoms. The van der Waals surface area contributed by atoms with Crippen LogP contribution >= 0.6 is 0 Å². The topological polar surface area (TPSA) is 64.1 Å². The van der Waals surface area contributed by atoms with Gasteiger partial charge in [-0.05, 0) is 35.9 Å². The van der Waals surface area contributed by atoms with Crippen molar-refractivity contribution in [1.82, 2.24) is 10.2 Å². The summed E-state index contributed by atoms with van der Waals surface area (Å²) in [5.41, 5.74) is 2.91. The number of halogens is 1. The number of ether oxygens (including phenoxy) is 1. The lowest BCUT2D eigenvalue weighted by Crippen LogP contribution is -2.14. The van der Waals surface area contributed by atoms with Crippen LogP contribution in [0.2, 0.25) is 0 Å². The Morgan fingerprint density at radius 3 is 2.56 bits per heavy atom. The minimum atomic E-state index is -0.322. The number of nitrogens with one attached hydrogen (secondary N) is 1. The molecule has 1 aromatic heterocycles. The van der Waals surface area contributed by atoms with E-state index in [1.54, 1.807) is 30.3 Å². The smallest absolute Gasteiger partial charge is 0.233 e. The number of aromatic nitrogens is 2. The predicted octanol–water partition coefficient (Wildman–Crippen LogP) is 3.47. The van der Waals surface area contributed by atoms with Crippen molar-refractivity contribution >= 4 is 11.6 Å². The van der Waals surface area contributed by atoms with Crippen LogP contribution in [0, 0.1) is 5.82 Å². The summed E-state index contributed by atoms with van der Waals surface area (Å²) >= 11 is 0. The third kappa shape index (κ3) is 4.38. The number of carbonyl (C=O) groups is 1. The van der Waals surface area contributed by atoms with Gasteiger partial charge >= 0.3 is 0 Å². The van der Waals surface area contributed by atoms with E-state index in [1.165, 1.54) is 19.2 Å². The fourth-order valence-electron chi connectivity index (χ4n) is 2.33. The minimum absolute atomic E-state index is 0.173. The molecule has 0 radical (unpaired) electrons. The molecular formula is C19H16FN3O2. The van der Waals surface area contributed by atoms with E-state index >= 15 is 0 Å². The van der Waals surface area contributed by atoms with Crippen molar-refractivity contribution in [2.24, 2.45) is 0 Å². The maximum absolute atomic E-state index is 12.9. The molecule has 3 rings (SSSR count). The van der Waals surface area contributed by atoms with Crippen molar-refractivity contribution in [2.45, 2.75) is 6.42 Å². The lowest BCUT2D eigenvalue weighted by Gasteiger charge is -2.08. The van der Waals surface area contributed by atoms with Gasteiger partial charge in [0.2, 0.25) is 11.8 Å². The van der Waals surface area contributed by atoms with Crippen LogP contribution in [0.15, 0.2) is 60.7 Å². The Kier molecular flexibility index (Phi) is 4.99. The Morgan fingerprint density at radius 2 is 1.88 bits per heavy atom. The van der Waals surface area contributed by atoms with Gasteiger partial charge in [0, 0.05) is 17.3 Å². The van der Waals surface area contributed by atoms with Crippen LogP contribution in [-0.2, 0) is 11.2 Å². The van der Waals surface area contributed by atoms with E-state index in [-0.39, 0.29) is 18.1 Å². The summed E-state index contributed by atoms with van der Waals surface area (Å²) in [6.45, 7) is 0. The molecule has 1 amide bonds. The number of carbonyl (C=O) groups excluding carboxylic acids is 1. The van der Waals surface area contributed by atoms with Crippen LogP contribution in [-0.4, -0.2) is 23.2 Å². The summed E-state index contributed by atoms with van der Waals surface area (Å²) in [4.78, 5) is 12.1. The van der Waals surface area contributed by atoms with Gasteiger partial charge in [-0.25, -0.2) is 4.39 Å². The Morgan fingerprint density at radius 1 is 1.08 bits per heavy atom. The summed E-state index contributed by atoms with van der Waals surface area (Å²) < 4.78 is 17.9. The van der Waals surface area contributed by atoms with Crippen molar-refractivity contribution in [2.75, 3.05) is 12.4 Å². The van der Waals surface area contributed by atoms with Crippen molar-refractivity contribution in [3.05, 3.63) is 72.0 Å². The van der Waals surface area contributed by atoms with Gasteiger partial charge in [-0.2, -0.15) is 0 Å². The molecule has 0 aliphatic heterocycles. The van der Waals surface area contributed by atoms with Gasteiger partial charge in [0.15, 0.2) is 0 Å². The highest BCUT2D eigenvalue weighted by atomic mass is 19.1. The van der Waals surface area contributed by atoms with Gasteiger partial charge in [0.05, 0.1) is 19.2 Å². The van der Waals surface area contributed by atoms with E-state index < -0.39 is 0 Å². The quantitative estimate of drug-likeness (QED) is 0.774. The average molecular weight is 337 g/mol. The average Bonchev–Trinajstić information content (AvgIpc) is 2.64. The number of rotatable bonds is 5. The number of hydrogen-bond acceptors (Lipinski definition) is 4. The van der Waals surface area contributed by atoms with Crippen molar-refractivity contribution in [1.29, 1.82) is 0 Å². The molecule has 0 aliphatic carbocycles. The normalized spacial score (nSPS) is 10.3. The Hall–Kier alpha value is -3.28. The fraction of sp³-hybridized carbons (Fsp3) is 0.105. The van der Waals surface area contributed by atoms with E-state index in [2.05, 4.69) is 15.5 Å². The first-order chi connectivity index (χ1) is 12.1. The van der Waals surface area contributed by atoms with E-state index in [1.807, 2.05) is 18.2 Å². The van der Waals surface area contributed by atoms with Crippen molar-refractivity contribution in [3.8, 4) is 17.1 Å². The molecular weight excluding hydrogens is 321 g/mol. The lowest BCUT2D eigenvalue weighted by atomic mass is 10.1. The first-order valence-corrected chi connectivity index (χ1v) is 7.66. The standard InChI is InChI=1S/C19H16FN3O2/c1-25-19-10-9-17(22-23-19)14-3-2-4-16(12-14)21-18(24)11-13-5-7-15(20)8-6-13/h2-10,12H,11H2,1H3,(H,21,24). The lowest BCUT2D eigenvalue weighted by molar-refractivity contribution is -0.115. The number of anilines is 1. The molecule has 0 bridgehead atoms. The summed E-state index contributed by atoms with van der Waals surface area (Å²) in [6, 6.07) is 16.7. The molecule has 0 saturated carbocycles. The highest BCUT2D eigenvalue weighted by Gasteiger charge is 2.07. The minimum Gasteiger partial charge on any atom is -0.480 e. The summed E-state index contributed by atoms with van der Waals surface area (Å²) in [5, 5.41) is 10.9. The zero-order valence-corrected chi connectivity index (χ0v) is 13.6. The van der Waals surface area contributed by atoms with Gasteiger partial charge in [0.25, 0.3) is 0 Å². The molecule has 5 nitrogen and oxygen atoms in total. The number of benzene rings is 2. The maximum atomic E-state index is 12.9. The highest BCUT2D eigenvalue weighted by Crippen LogP contribution is 2.21. The highest BCUT2D eigenvalue weighted by molar-refractivity contribution is 5.92. The van der Waals surface area contributed by atoms with Crippen LogP contribution in [0.3, 0.4) is 0 Å². The van der Waals surface area contributed by atoms with E-state index in [4.69, 9.17) is 4.74 Å². The van der Waals surface area contributed by atoms with Gasteiger partial charge in [-0.1, -0.05) is 24.3 Å². The third-order valence-electron chi connectivity index (χ3n) is 3.57. The number of nitrogens with zero attached hydrogens (tertiary/aromatic N) is 2. The summed E-state index contributed by atoms with van der Waals surface area (Å²) in [6.07, 6.45) is 0.173. The molecule has 0 aliphatic rings. The van der Waals surface area contributed by atoms with Crippen LogP contribution in [0.1, 0.15) is 5.56 Å². The summed E-state index contributed by atoms with van der Waals surface area (Å²) in [7, 11) is 1.53. The molecule has 0 atom stereocenters. The molecule has 2 aromatic carbocycles. The largest absolute Gasteiger partial charge is 0.480 e. The van der Waals surface area contributed by atoms with E-state index in [0.29, 0.717) is 17.3 Å². The van der Waals surface area contributed by atoms with Crippen LogP contribution < -0.4 is 10.1 Å². The summed E-state index contributed by atoms with van der Waals surface area (Å²) in [5.74, 6) is -0.0606. The molecule has 0 spiro atoms. The second-order valence-electron chi connectivity index (χ2n) is 5.39. The van der Waals surface area contributed by atoms with Gasteiger partial charge in [0.1, 0.15) is 5.82 Å². The molecule has 1 heterocycles. The SMILES string of the molecule is COc1ccc(-c2cccc(NC(=O)Cc3ccc(F)cc3)c2)nn1. The van der Waals surface area contributed by atoms with Crippen molar-refractivity contribution in [3.63, 3.8) is 0 Å². The second kappa shape index (κ2) is 7.53. The Bertz CT molecular complexity index is 865. The van der Waals surface area contributed by atoms with Crippen LogP contribution in [0.4, 0.5) is 10.1 Å². The molecule has 3 aromatic rings. The molecule has 0 saturated heterocycles. The van der Waals surface area contributed by atoms with E-state index in [9.17, 15) is 9.18 Å². The first-order valence-electron chi connectivity index (χ1n) is 7.66. The monoisotopic (exact) mass is 337 g/mol. The van der Waals surface area contributed by atoms with Crippen LogP contribution in [0.5, 0.6) is 5.88 Å². The molecule has 126 valence electrons. The van der Waals surface area contributed by atoms with Gasteiger partial charge < -0.3 is 10.1 Å². The number of hydrogen-bond donors (Lipinski definition) is 1. The fourth-order valence-corrected chi connectivity index (χ4v) is 2.33. The predicted molar refractivity (Wildman–Crippen MR) is 92.8 cm³/mol. The zero-order valence-electron chi connectivity index (χ0n) is 13.6. The van der Waals surface area contributed by atoms with Gasteiger partial charge in [-0.15, -0.1) is 10.2 Å². The zero-order chi connectivity index (χ0) is 17.6. The van der Waals surface area contributed by atoms with E-state index in [0.717, 1.165) is 11.1 Å². The number of amides is 1. The molecule has 6 heteroatoms. The maximum Gasteiger partial charge on any atom is 0.233 e. The van der Waals surface area contributed by atoms with Crippen molar-refractivity contribution < 1.29 is 13.9 Å². The number of methoxy groups -OCH3 is 1. The molecule has 0 fully saturated rings. The molecule has 1 N–H and O–H groups in total. The van der Waals surface area contributed by atoms with Crippen LogP contribution in [0.25, 0.3) is 11.3 Å². The van der Waals surface area contributed by atoms with Gasteiger partial charge in [-0.3, -0.25) is 4.79 Å². The Labute approximate surface area is 144 Å². The first kappa shape index (κ1) is 16.6. The molecule has 0 unspecified atom stereocenters. The Balaban J connectivity index is 1.70. The second-order valence-corrected chi connectivity index (χ2v) is 5.39. The third-order valence-corrected chi connectivity index (χ3v) is 3.57.